The molecule has 1 atom stereocenters. The molecule has 7 heteroatoms. The minimum atomic E-state index is -4.02. The zero-order valence-electron chi connectivity index (χ0n) is 8.23. The first kappa shape index (κ1) is 13.3. The van der Waals surface area contributed by atoms with Gasteiger partial charge in [0.15, 0.2) is 0 Å². The molecule has 0 radical (unpaired) electrons. The minimum absolute atomic E-state index is 0.0132. The summed E-state index contributed by atoms with van der Waals surface area (Å²) in [6.07, 6.45) is 0. The number of carbonyl (C=O) groups excluding carboxylic acids is 1. The number of carbonyl (C=O) groups is 1. The van der Waals surface area contributed by atoms with Crippen LogP contribution in [0.15, 0.2) is 0 Å². The largest absolute Gasteiger partial charge is 0.354 e. The van der Waals surface area contributed by atoms with Gasteiger partial charge in [0.25, 0.3) is 10.1 Å². The van der Waals surface area contributed by atoms with Crippen LogP contribution in [-0.4, -0.2) is 37.2 Å². The molecule has 0 rings (SSSR count). The zero-order chi connectivity index (χ0) is 11.4. The van der Waals surface area contributed by atoms with Crippen LogP contribution in [0.3, 0.4) is 0 Å². The Morgan fingerprint density at radius 3 is 2.36 bits per heavy atom. The van der Waals surface area contributed by atoms with Crippen LogP contribution in [0, 0.1) is 5.92 Å². The van der Waals surface area contributed by atoms with Crippen molar-refractivity contribution in [2.45, 2.75) is 19.9 Å². The third kappa shape index (κ3) is 5.90. The van der Waals surface area contributed by atoms with E-state index in [1.807, 2.05) is 0 Å². The Kier molecular flexibility index (Phi) is 5.03. The van der Waals surface area contributed by atoms with E-state index in [4.69, 9.17) is 10.3 Å². The second kappa shape index (κ2) is 5.28. The van der Waals surface area contributed by atoms with Crippen molar-refractivity contribution >= 4 is 16.0 Å². The van der Waals surface area contributed by atoms with Crippen LogP contribution in [0.1, 0.15) is 13.8 Å². The zero-order valence-corrected chi connectivity index (χ0v) is 9.04. The molecule has 4 N–H and O–H groups in total. The number of nitrogens with two attached hydrogens (primary N) is 1. The molecule has 0 saturated heterocycles. The van der Waals surface area contributed by atoms with Crippen molar-refractivity contribution in [3.63, 3.8) is 0 Å². The van der Waals surface area contributed by atoms with Crippen molar-refractivity contribution in [3.8, 4) is 0 Å². The summed E-state index contributed by atoms with van der Waals surface area (Å²) < 4.78 is 28.9. The third-order valence-corrected chi connectivity index (χ3v) is 2.40. The molecular weight excluding hydrogens is 208 g/mol. The van der Waals surface area contributed by atoms with Crippen LogP contribution in [0.4, 0.5) is 0 Å². The SMILES string of the molecule is CC(C)[C@H](N)C(=O)NCCS(=O)(=O)O. The molecule has 0 spiro atoms. The highest BCUT2D eigenvalue weighted by molar-refractivity contribution is 7.85. The standard InChI is InChI=1S/C7H16N2O4S/c1-5(2)6(8)7(10)9-3-4-14(11,12)13/h5-6H,3-4,8H2,1-2H3,(H,9,10)(H,11,12,13)/t6-/m0/s1. The number of amides is 1. The molecule has 0 fully saturated rings. The first-order chi connectivity index (χ1) is 6.24. The fraction of sp³-hybridized carbons (Fsp3) is 0.857. The van der Waals surface area contributed by atoms with Gasteiger partial charge in [0.1, 0.15) is 0 Å². The Balaban J connectivity index is 3.87. The van der Waals surface area contributed by atoms with Gasteiger partial charge in [-0.15, -0.1) is 0 Å². The summed E-state index contributed by atoms with van der Waals surface area (Å²) in [4.78, 5) is 11.2. The van der Waals surface area contributed by atoms with Crippen molar-refractivity contribution in [2.24, 2.45) is 11.7 Å². The summed E-state index contributed by atoms with van der Waals surface area (Å²) in [6.45, 7) is 3.44. The van der Waals surface area contributed by atoms with Gasteiger partial charge in [-0.2, -0.15) is 8.42 Å². The van der Waals surface area contributed by atoms with Crippen LogP contribution in [-0.2, 0) is 14.9 Å². The highest BCUT2D eigenvalue weighted by Crippen LogP contribution is 1.97. The smallest absolute Gasteiger partial charge is 0.266 e. The molecule has 0 unspecified atom stereocenters. The van der Waals surface area contributed by atoms with E-state index < -0.39 is 27.8 Å². The van der Waals surface area contributed by atoms with Crippen LogP contribution < -0.4 is 11.1 Å². The van der Waals surface area contributed by atoms with Gasteiger partial charge >= 0.3 is 0 Å². The van der Waals surface area contributed by atoms with Gasteiger partial charge in [0.2, 0.25) is 5.91 Å². The molecule has 1 amide bonds. The molecule has 0 aromatic rings. The quantitative estimate of drug-likeness (QED) is 0.517. The Morgan fingerprint density at radius 1 is 1.50 bits per heavy atom. The number of nitrogens with one attached hydrogen (secondary N) is 1. The second-order valence-corrected chi connectivity index (χ2v) is 4.92. The van der Waals surface area contributed by atoms with Gasteiger partial charge in [-0.3, -0.25) is 9.35 Å². The van der Waals surface area contributed by atoms with Crippen LogP contribution >= 0.6 is 0 Å². The van der Waals surface area contributed by atoms with Crippen molar-refractivity contribution in [1.29, 1.82) is 0 Å². The van der Waals surface area contributed by atoms with Crippen LogP contribution in [0.2, 0.25) is 0 Å². The molecule has 0 aliphatic carbocycles. The molecule has 0 aliphatic rings. The van der Waals surface area contributed by atoms with E-state index in [1.54, 1.807) is 13.8 Å². The minimum Gasteiger partial charge on any atom is -0.354 e. The molecule has 6 nitrogen and oxygen atoms in total. The van der Waals surface area contributed by atoms with Gasteiger partial charge in [0, 0.05) is 6.54 Å². The summed E-state index contributed by atoms with van der Waals surface area (Å²) >= 11 is 0. The van der Waals surface area contributed by atoms with E-state index in [1.165, 1.54) is 0 Å². The van der Waals surface area contributed by atoms with Crippen molar-refractivity contribution in [3.05, 3.63) is 0 Å². The van der Waals surface area contributed by atoms with E-state index >= 15 is 0 Å². The van der Waals surface area contributed by atoms with E-state index in [0.29, 0.717) is 0 Å². The predicted molar refractivity (Wildman–Crippen MR) is 52.2 cm³/mol. The number of hydrogen-bond donors (Lipinski definition) is 3. The maximum atomic E-state index is 11.2. The molecular formula is C7H16N2O4S. The lowest BCUT2D eigenvalue weighted by molar-refractivity contribution is -0.123. The Bertz CT molecular complexity index is 286. The first-order valence-electron chi connectivity index (χ1n) is 4.22. The topological polar surface area (TPSA) is 109 Å². The van der Waals surface area contributed by atoms with Gasteiger partial charge in [-0.25, -0.2) is 0 Å². The first-order valence-corrected chi connectivity index (χ1v) is 5.83. The van der Waals surface area contributed by atoms with Crippen molar-refractivity contribution in [1.82, 2.24) is 5.32 Å². The second-order valence-electron chi connectivity index (χ2n) is 3.35. The molecule has 0 aliphatic heterocycles. The highest BCUT2D eigenvalue weighted by Gasteiger charge is 2.17. The molecule has 14 heavy (non-hydrogen) atoms. The average Bonchev–Trinajstić information content (AvgIpc) is 2.00. The normalized spacial score (nSPS) is 14.1. The molecule has 0 heterocycles. The van der Waals surface area contributed by atoms with Crippen molar-refractivity contribution < 1.29 is 17.8 Å². The summed E-state index contributed by atoms with van der Waals surface area (Å²) in [5, 5.41) is 2.32. The summed E-state index contributed by atoms with van der Waals surface area (Å²) in [5.41, 5.74) is 5.49. The lowest BCUT2D eigenvalue weighted by atomic mass is 10.1. The summed E-state index contributed by atoms with van der Waals surface area (Å²) in [5.74, 6) is -0.923. The maximum Gasteiger partial charge on any atom is 0.266 e. The van der Waals surface area contributed by atoms with Crippen LogP contribution in [0.5, 0.6) is 0 Å². The lowest BCUT2D eigenvalue weighted by Crippen LogP contribution is -2.45. The Hall–Kier alpha value is -0.660. The molecule has 0 saturated carbocycles. The lowest BCUT2D eigenvalue weighted by Gasteiger charge is -2.14. The maximum absolute atomic E-state index is 11.2. The molecule has 84 valence electrons. The van der Waals surface area contributed by atoms with E-state index in [-0.39, 0.29) is 12.5 Å². The highest BCUT2D eigenvalue weighted by atomic mass is 32.2. The third-order valence-electron chi connectivity index (χ3n) is 1.68. The summed E-state index contributed by atoms with van der Waals surface area (Å²) in [7, 11) is -4.02. The molecule has 0 aromatic heterocycles. The average molecular weight is 224 g/mol. The predicted octanol–water partition coefficient (Wildman–Crippen LogP) is -1.03. The van der Waals surface area contributed by atoms with Gasteiger partial charge in [0.05, 0.1) is 11.8 Å². The fourth-order valence-electron chi connectivity index (χ4n) is 0.724. The number of rotatable bonds is 5. The van der Waals surface area contributed by atoms with Crippen molar-refractivity contribution in [2.75, 3.05) is 12.3 Å². The van der Waals surface area contributed by atoms with Gasteiger partial charge in [-0.1, -0.05) is 13.8 Å². The Morgan fingerprint density at radius 2 is 2.00 bits per heavy atom. The number of hydrogen-bond acceptors (Lipinski definition) is 4. The van der Waals surface area contributed by atoms with E-state index in [2.05, 4.69) is 5.32 Å². The van der Waals surface area contributed by atoms with E-state index in [0.717, 1.165) is 0 Å². The molecule has 0 bridgehead atoms. The van der Waals surface area contributed by atoms with E-state index in [9.17, 15) is 13.2 Å². The Labute approximate surface area is 83.6 Å². The molecule has 0 aromatic carbocycles. The monoisotopic (exact) mass is 224 g/mol. The fourth-order valence-corrected chi connectivity index (χ4v) is 1.08. The van der Waals surface area contributed by atoms with Gasteiger partial charge < -0.3 is 11.1 Å². The van der Waals surface area contributed by atoms with Gasteiger partial charge in [-0.05, 0) is 5.92 Å². The van der Waals surface area contributed by atoms with Crippen LogP contribution in [0.25, 0.3) is 0 Å². The summed E-state index contributed by atoms with van der Waals surface area (Å²) in [6, 6.07) is -0.656.